The van der Waals surface area contributed by atoms with Crippen molar-refractivity contribution < 1.29 is 9.32 Å². The largest absolute Gasteiger partial charge is 0.361 e. The number of benzene rings is 1. The number of aromatic nitrogens is 1. The first-order valence-corrected chi connectivity index (χ1v) is 8.54. The fourth-order valence-corrected chi connectivity index (χ4v) is 3.39. The van der Waals surface area contributed by atoms with Gasteiger partial charge in [0.25, 0.3) is 0 Å². The Morgan fingerprint density at radius 1 is 1.38 bits per heavy atom. The Morgan fingerprint density at radius 2 is 2.12 bits per heavy atom. The van der Waals surface area contributed by atoms with E-state index in [1.807, 2.05) is 19.9 Å². The van der Waals surface area contributed by atoms with Gasteiger partial charge >= 0.3 is 0 Å². The smallest absolute Gasteiger partial charge is 0.224 e. The molecular weight excluding hydrogens is 302 g/mol. The SMILES string of the molecule is Cc1noc(C)c1CC(=O)NC1CCN(C(C)c2ccccc2)C1. The summed E-state index contributed by atoms with van der Waals surface area (Å²) in [5.41, 5.74) is 3.02. The molecule has 2 aromatic rings. The molecule has 1 N–H and O–H groups in total. The lowest BCUT2D eigenvalue weighted by molar-refractivity contribution is -0.121. The second-order valence-corrected chi connectivity index (χ2v) is 6.61. The van der Waals surface area contributed by atoms with Crippen LogP contribution in [0.5, 0.6) is 0 Å². The molecule has 2 heterocycles. The number of amides is 1. The predicted octanol–water partition coefficient (Wildman–Crippen LogP) is 2.79. The zero-order valence-electron chi connectivity index (χ0n) is 14.6. The molecule has 0 saturated carbocycles. The van der Waals surface area contributed by atoms with Gasteiger partial charge in [0.2, 0.25) is 5.91 Å². The second-order valence-electron chi connectivity index (χ2n) is 6.61. The van der Waals surface area contributed by atoms with Gasteiger partial charge in [-0.2, -0.15) is 0 Å². The van der Waals surface area contributed by atoms with Crippen LogP contribution in [-0.2, 0) is 11.2 Å². The van der Waals surface area contributed by atoms with E-state index in [9.17, 15) is 4.79 Å². The summed E-state index contributed by atoms with van der Waals surface area (Å²) in [4.78, 5) is 14.7. The quantitative estimate of drug-likeness (QED) is 0.917. The second kappa shape index (κ2) is 7.18. The molecule has 1 aromatic heterocycles. The minimum Gasteiger partial charge on any atom is -0.361 e. The summed E-state index contributed by atoms with van der Waals surface area (Å²) >= 11 is 0. The fraction of sp³-hybridized carbons (Fsp3) is 0.474. The van der Waals surface area contributed by atoms with Gasteiger partial charge in [-0.05, 0) is 32.8 Å². The van der Waals surface area contributed by atoms with E-state index in [1.165, 1.54) is 5.56 Å². The number of nitrogens with one attached hydrogen (secondary N) is 1. The summed E-state index contributed by atoms with van der Waals surface area (Å²) in [5, 5.41) is 7.06. The van der Waals surface area contributed by atoms with E-state index in [2.05, 4.69) is 46.6 Å². The van der Waals surface area contributed by atoms with E-state index in [0.29, 0.717) is 12.5 Å². The zero-order chi connectivity index (χ0) is 17.1. The molecule has 0 spiro atoms. The maximum absolute atomic E-state index is 12.3. The number of hydrogen-bond acceptors (Lipinski definition) is 4. The van der Waals surface area contributed by atoms with Crippen molar-refractivity contribution in [3.8, 4) is 0 Å². The minimum absolute atomic E-state index is 0.0450. The van der Waals surface area contributed by atoms with Crippen molar-refractivity contribution in [3.63, 3.8) is 0 Å². The van der Waals surface area contributed by atoms with Crippen LogP contribution in [0.15, 0.2) is 34.9 Å². The Balaban J connectivity index is 1.53. The molecule has 5 nitrogen and oxygen atoms in total. The van der Waals surface area contributed by atoms with Gasteiger partial charge in [0.1, 0.15) is 5.76 Å². The molecule has 1 fully saturated rings. The average molecular weight is 327 g/mol. The Kier molecular flexibility index (Phi) is 5.00. The zero-order valence-corrected chi connectivity index (χ0v) is 14.6. The molecule has 1 aromatic carbocycles. The standard InChI is InChI=1S/C19H25N3O2/c1-13-18(15(3)24-21-13)11-19(23)20-17-9-10-22(12-17)14(2)16-7-5-4-6-8-16/h4-8,14,17H,9-12H2,1-3H3,(H,20,23). The third-order valence-corrected chi connectivity index (χ3v) is 4.93. The van der Waals surface area contributed by atoms with E-state index >= 15 is 0 Å². The number of carbonyl (C=O) groups is 1. The molecule has 1 aliphatic rings. The molecule has 1 amide bonds. The van der Waals surface area contributed by atoms with Crippen molar-refractivity contribution in [1.82, 2.24) is 15.4 Å². The Labute approximate surface area is 143 Å². The number of carbonyl (C=O) groups excluding carboxylic acids is 1. The van der Waals surface area contributed by atoms with Crippen LogP contribution in [0.1, 0.15) is 42.0 Å². The van der Waals surface area contributed by atoms with Crippen molar-refractivity contribution in [2.75, 3.05) is 13.1 Å². The summed E-state index contributed by atoms with van der Waals surface area (Å²) in [6.45, 7) is 7.85. The van der Waals surface area contributed by atoms with Gasteiger partial charge in [0.05, 0.1) is 12.1 Å². The summed E-state index contributed by atoms with van der Waals surface area (Å²) < 4.78 is 5.13. The summed E-state index contributed by atoms with van der Waals surface area (Å²) in [6.07, 6.45) is 1.33. The first-order chi connectivity index (χ1) is 11.5. The highest BCUT2D eigenvalue weighted by Crippen LogP contribution is 2.24. The monoisotopic (exact) mass is 327 g/mol. The van der Waals surface area contributed by atoms with Crippen LogP contribution in [-0.4, -0.2) is 35.1 Å². The van der Waals surface area contributed by atoms with Gasteiger partial charge in [0, 0.05) is 30.7 Å². The topological polar surface area (TPSA) is 58.4 Å². The van der Waals surface area contributed by atoms with Crippen LogP contribution in [0, 0.1) is 13.8 Å². The number of rotatable bonds is 5. The fourth-order valence-electron chi connectivity index (χ4n) is 3.39. The van der Waals surface area contributed by atoms with Gasteiger partial charge in [-0.3, -0.25) is 9.69 Å². The van der Waals surface area contributed by atoms with E-state index in [-0.39, 0.29) is 11.9 Å². The van der Waals surface area contributed by atoms with Crippen molar-refractivity contribution in [2.45, 2.75) is 45.7 Å². The molecule has 1 saturated heterocycles. The molecule has 0 radical (unpaired) electrons. The van der Waals surface area contributed by atoms with Crippen LogP contribution in [0.2, 0.25) is 0 Å². The molecule has 0 bridgehead atoms. The highest BCUT2D eigenvalue weighted by Gasteiger charge is 2.28. The Hall–Kier alpha value is -2.14. The first kappa shape index (κ1) is 16.7. The Morgan fingerprint density at radius 3 is 2.79 bits per heavy atom. The lowest BCUT2D eigenvalue weighted by Gasteiger charge is -2.24. The molecule has 128 valence electrons. The normalized spacial score (nSPS) is 19.4. The van der Waals surface area contributed by atoms with E-state index in [0.717, 1.165) is 36.5 Å². The highest BCUT2D eigenvalue weighted by molar-refractivity contribution is 5.79. The number of likely N-dealkylation sites (tertiary alicyclic amines) is 1. The van der Waals surface area contributed by atoms with Crippen LogP contribution in [0.3, 0.4) is 0 Å². The number of hydrogen-bond donors (Lipinski definition) is 1. The van der Waals surface area contributed by atoms with Crippen LogP contribution in [0.4, 0.5) is 0 Å². The van der Waals surface area contributed by atoms with E-state index in [1.54, 1.807) is 0 Å². The van der Waals surface area contributed by atoms with Crippen molar-refractivity contribution in [2.24, 2.45) is 0 Å². The van der Waals surface area contributed by atoms with E-state index in [4.69, 9.17) is 4.52 Å². The Bertz CT molecular complexity index is 676. The lowest BCUT2D eigenvalue weighted by atomic mass is 10.1. The predicted molar refractivity (Wildman–Crippen MR) is 92.7 cm³/mol. The van der Waals surface area contributed by atoms with Crippen LogP contribution >= 0.6 is 0 Å². The maximum atomic E-state index is 12.3. The summed E-state index contributed by atoms with van der Waals surface area (Å²) in [5.74, 6) is 0.775. The lowest BCUT2D eigenvalue weighted by Crippen LogP contribution is -2.38. The molecule has 2 atom stereocenters. The van der Waals surface area contributed by atoms with Crippen LogP contribution in [0.25, 0.3) is 0 Å². The molecule has 1 aliphatic heterocycles. The molecule has 0 aliphatic carbocycles. The first-order valence-electron chi connectivity index (χ1n) is 8.54. The number of nitrogens with zero attached hydrogens (tertiary/aromatic N) is 2. The average Bonchev–Trinajstić information content (AvgIpc) is 3.17. The van der Waals surface area contributed by atoms with Gasteiger partial charge in [-0.15, -0.1) is 0 Å². The van der Waals surface area contributed by atoms with Gasteiger partial charge < -0.3 is 9.84 Å². The van der Waals surface area contributed by atoms with Crippen molar-refractivity contribution >= 4 is 5.91 Å². The molecule has 3 rings (SSSR count). The third kappa shape index (κ3) is 3.67. The van der Waals surface area contributed by atoms with Crippen LogP contribution < -0.4 is 5.32 Å². The number of aryl methyl sites for hydroxylation is 2. The van der Waals surface area contributed by atoms with Crippen molar-refractivity contribution in [1.29, 1.82) is 0 Å². The van der Waals surface area contributed by atoms with E-state index < -0.39 is 0 Å². The molecule has 2 unspecified atom stereocenters. The van der Waals surface area contributed by atoms with Gasteiger partial charge in [0.15, 0.2) is 0 Å². The van der Waals surface area contributed by atoms with Gasteiger partial charge in [-0.1, -0.05) is 35.5 Å². The van der Waals surface area contributed by atoms with Crippen molar-refractivity contribution in [3.05, 3.63) is 52.9 Å². The highest BCUT2D eigenvalue weighted by atomic mass is 16.5. The summed E-state index contributed by atoms with van der Waals surface area (Å²) in [6, 6.07) is 11.1. The molecule has 24 heavy (non-hydrogen) atoms. The summed E-state index contributed by atoms with van der Waals surface area (Å²) in [7, 11) is 0. The minimum atomic E-state index is 0.0450. The maximum Gasteiger partial charge on any atom is 0.224 e. The third-order valence-electron chi connectivity index (χ3n) is 4.93. The van der Waals surface area contributed by atoms with Gasteiger partial charge in [-0.25, -0.2) is 0 Å². The molecule has 5 heteroatoms. The molecular formula is C19H25N3O2.